The van der Waals surface area contributed by atoms with Crippen LogP contribution in [0.3, 0.4) is 0 Å². The van der Waals surface area contributed by atoms with Crippen LogP contribution in [0.1, 0.15) is 46.5 Å². The zero-order valence-electron chi connectivity index (χ0n) is 18.3. The van der Waals surface area contributed by atoms with Crippen LogP contribution in [-0.4, -0.2) is 11.7 Å². The molecule has 0 spiro atoms. The molecule has 35 heavy (non-hydrogen) atoms. The molecule has 0 fully saturated rings. The number of halogens is 7. The van der Waals surface area contributed by atoms with E-state index in [4.69, 9.17) is 11.6 Å². The Hall–Kier alpha value is -3.33. The average molecular weight is 514 g/mol. The van der Waals surface area contributed by atoms with Crippen LogP contribution in [0.5, 0.6) is 0 Å². The fourth-order valence-electron chi connectivity index (χ4n) is 3.28. The Morgan fingerprint density at radius 1 is 0.743 bits per heavy atom. The summed E-state index contributed by atoms with van der Waals surface area (Å²) in [6, 6.07) is 13.1. The molecule has 0 saturated heterocycles. The molecule has 10 heteroatoms. The van der Waals surface area contributed by atoms with Crippen molar-refractivity contribution in [2.45, 2.75) is 31.6 Å². The van der Waals surface area contributed by atoms with Gasteiger partial charge in [0, 0.05) is 16.1 Å². The van der Waals surface area contributed by atoms with E-state index in [2.05, 4.69) is 5.32 Å². The number of rotatable bonds is 5. The van der Waals surface area contributed by atoms with Crippen molar-refractivity contribution in [2.75, 3.05) is 5.32 Å². The molecule has 1 N–H and O–H groups in total. The van der Waals surface area contributed by atoms with Crippen LogP contribution in [0.25, 0.3) is 0 Å². The molecule has 184 valence electrons. The Balaban J connectivity index is 2.03. The maximum absolute atomic E-state index is 13.3. The molecular weight excluding hydrogens is 496 g/mol. The molecule has 1 amide bonds. The van der Waals surface area contributed by atoms with E-state index in [1.165, 1.54) is 32.0 Å². The molecule has 0 atom stereocenters. The van der Waals surface area contributed by atoms with Crippen molar-refractivity contribution in [2.24, 2.45) is 0 Å². The Bertz CT molecular complexity index is 1230. The number of carbonyl (C=O) groups is 2. The average Bonchev–Trinajstić information content (AvgIpc) is 2.78. The van der Waals surface area contributed by atoms with Crippen molar-refractivity contribution in [3.63, 3.8) is 0 Å². The molecule has 3 nitrogen and oxygen atoms in total. The Labute approximate surface area is 201 Å². The van der Waals surface area contributed by atoms with Crippen molar-refractivity contribution >= 4 is 29.0 Å². The smallest absolute Gasteiger partial charge is 0.325 e. The van der Waals surface area contributed by atoms with Gasteiger partial charge in [-0.25, -0.2) is 0 Å². The standard InChI is InChI=1S/C25H18ClF6NO2/c1-23(2,15-10-16(24(27,28)29)12-17(11-15)25(30,31)32)22(35)33-20-9-8-18(26)13-19(20)21(34)14-6-4-3-5-7-14/h3-13H,1-2H3,(H,33,35). The van der Waals surface area contributed by atoms with Gasteiger partial charge in [-0.2, -0.15) is 26.3 Å². The van der Waals surface area contributed by atoms with Crippen molar-refractivity contribution in [3.8, 4) is 0 Å². The van der Waals surface area contributed by atoms with E-state index in [9.17, 15) is 35.9 Å². The molecule has 0 aromatic heterocycles. The number of anilines is 1. The van der Waals surface area contributed by atoms with E-state index in [0.717, 1.165) is 0 Å². The summed E-state index contributed by atoms with van der Waals surface area (Å²) in [5, 5.41) is 2.65. The molecule has 0 saturated carbocycles. The fraction of sp³-hybridized carbons (Fsp3) is 0.200. The molecule has 0 aliphatic heterocycles. The van der Waals surface area contributed by atoms with Crippen LogP contribution in [0, 0.1) is 0 Å². The quantitative estimate of drug-likeness (QED) is 0.283. The molecule has 3 rings (SSSR count). The highest BCUT2D eigenvalue weighted by molar-refractivity contribution is 6.31. The topological polar surface area (TPSA) is 46.2 Å². The summed E-state index contributed by atoms with van der Waals surface area (Å²) in [6.45, 7) is 2.37. The van der Waals surface area contributed by atoms with Gasteiger partial charge in [-0.1, -0.05) is 41.9 Å². The Kier molecular flexibility index (Phi) is 7.04. The van der Waals surface area contributed by atoms with Gasteiger partial charge in [0.15, 0.2) is 5.78 Å². The van der Waals surface area contributed by atoms with Crippen molar-refractivity contribution in [1.82, 2.24) is 0 Å². The first-order valence-electron chi connectivity index (χ1n) is 10.1. The number of benzene rings is 3. The summed E-state index contributed by atoms with van der Waals surface area (Å²) >= 11 is 6.01. The molecular formula is C25H18ClF6NO2. The summed E-state index contributed by atoms with van der Waals surface area (Å²) in [5.41, 5.74) is -5.10. The normalized spacial score (nSPS) is 12.4. The summed E-state index contributed by atoms with van der Waals surface area (Å²) in [6.07, 6.45) is -10.1. The Morgan fingerprint density at radius 3 is 1.77 bits per heavy atom. The molecule has 0 heterocycles. The lowest BCUT2D eigenvalue weighted by molar-refractivity contribution is -0.143. The predicted octanol–water partition coefficient (Wildman–Crippen LogP) is 7.52. The van der Waals surface area contributed by atoms with Crippen LogP contribution < -0.4 is 5.32 Å². The first-order valence-corrected chi connectivity index (χ1v) is 10.5. The lowest BCUT2D eigenvalue weighted by Crippen LogP contribution is -2.35. The number of ketones is 1. The minimum atomic E-state index is -5.06. The van der Waals surface area contributed by atoms with Crippen molar-refractivity contribution in [3.05, 3.63) is 99.6 Å². The van der Waals surface area contributed by atoms with Gasteiger partial charge in [0.1, 0.15) is 0 Å². The second kappa shape index (κ2) is 9.37. The van der Waals surface area contributed by atoms with Gasteiger partial charge in [-0.3, -0.25) is 9.59 Å². The van der Waals surface area contributed by atoms with Gasteiger partial charge in [0.25, 0.3) is 0 Å². The zero-order chi connectivity index (χ0) is 26.2. The largest absolute Gasteiger partial charge is 0.416 e. The van der Waals surface area contributed by atoms with Gasteiger partial charge in [-0.05, 0) is 55.8 Å². The van der Waals surface area contributed by atoms with E-state index >= 15 is 0 Å². The Morgan fingerprint density at radius 2 is 1.26 bits per heavy atom. The SMILES string of the molecule is CC(C)(C(=O)Nc1ccc(Cl)cc1C(=O)c1ccccc1)c1cc(C(F)(F)F)cc(C(F)(F)F)c1. The van der Waals surface area contributed by atoms with Crippen LogP contribution in [0.4, 0.5) is 32.0 Å². The lowest BCUT2D eigenvalue weighted by Gasteiger charge is -2.27. The highest BCUT2D eigenvalue weighted by atomic mass is 35.5. The lowest BCUT2D eigenvalue weighted by atomic mass is 9.81. The summed E-state index contributed by atoms with van der Waals surface area (Å²) in [4.78, 5) is 26.1. The van der Waals surface area contributed by atoms with E-state index in [1.54, 1.807) is 30.3 Å². The molecule has 0 bridgehead atoms. The maximum atomic E-state index is 13.3. The highest BCUT2D eigenvalue weighted by Gasteiger charge is 2.40. The molecule has 0 radical (unpaired) electrons. The molecule has 0 aliphatic rings. The van der Waals surface area contributed by atoms with Gasteiger partial charge in [-0.15, -0.1) is 0 Å². The molecule has 3 aromatic carbocycles. The van der Waals surface area contributed by atoms with E-state index < -0.39 is 46.1 Å². The number of nitrogens with one attached hydrogen (secondary N) is 1. The third kappa shape index (κ3) is 5.85. The second-order valence-electron chi connectivity index (χ2n) is 8.26. The van der Waals surface area contributed by atoms with Gasteiger partial charge < -0.3 is 5.32 Å². The predicted molar refractivity (Wildman–Crippen MR) is 119 cm³/mol. The van der Waals surface area contributed by atoms with E-state index in [0.29, 0.717) is 12.1 Å². The first kappa shape index (κ1) is 26.3. The number of hydrogen-bond acceptors (Lipinski definition) is 2. The van der Waals surface area contributed by atoms with Crippen LogP contribution >= 0.6 is 11.6 Å². The van der Waals surface area contributed by atoms with Crippen molar-refractivity contribution in [1.29, 1.82) is 0 Å². The van der Waals surface area contributed by atoms with E-state index in [-0.39, 0.29) is 27.9 Å². The minimum absolute atomic E-state index is 0.00403. The van der Waals surface area contributed by atoms with Crippen LogP contribution in [0.15, 0.2) is 66.7 Å². The fourth-order valence-corrected chi connectivity index (χ4v) is 3.46. The van der Waals surface area contributed by atoms with Gasteiger partial charge in [0.2, 0.25) is 5.91 Å². The third-order valence-electron chi connectivity index (χ3n) is 5.39. The summed E-state index contributed by atoms with van der Waals surface area (Å²) < 4.78 is 79.8. The van der Waals surface area contributed by atoms with Gasteiger partial charge in [0.05, 0.1) is 22.2 Å². The highest BCUT2D eigenvalue weighted by Crippen LogP contribution is 2.39. The number of carbonyl (C=O) groups excluding carboxylic acids is 2. The van der Waals surface area contributed by atoms with Gasteiger partial charge >= 0.3 is 12.4 Å². The number of alkyl halides is 6. The van der Waals surface area contributed by atoms with E-state index in [1.807, 2.05) is 0 Å². The maximum Gasteiger partial charge on any atom is 0.416 e. The van der Waals surface area contributed by atoms with Crippen LogP contribution in [-0.2, 0) is 22.6 Å². The summed E-state index contributed by atoms with van der Waals surface area (Å²) in [5.74, 6) is -1.41. The zero-order valence-corrected chi connectivity index (χ0v) is 19.1. The molecule has 3 aromatic rings. The molecule has 0 aliphatic carbocycles. The minimum Gasteiger partial charge on any atom is -0.325 e. The third-order valence-corrected chi connectivity index (χ3v) is 5.62. The second-order valence-corrected chi connectivity index (χ2v) is 8.70. The first-order chi connectivity index (χ1) is 16.1. The number of hydrogen-bond donors (Lipinski definition) is 1. The number of amides is 1. The van der Waals surface area contributed by atoms with Crippen molar-refractivity contribution < 1.29 is 35.9 Å². The monoisotopic (exact) mass is 513 g/mol. The summed E-state index contributed by atoms with van der Waals surface area (Å²) in [7, 11) is 0. The van der Waals surface area contributed by atoms with Crippen LogP contribution in [0.2, 0.25) is 5.02 Å². The molecule has 0 unspecified atom stereocenters.